The third-order valence-electron chi connectivity index (χ3n) is 4.34. The van der Waals surface area contributed by atoms with Crippen LogP contribution in [-0.4, -0.2) is 29.9 Å². The summed E-state index contributed by atoms with van der Waals surface area (Å²) < 4.78 is 39.7. The molecule has 1 aliphatic rings. The maximum absolute atomic E-state index is 13.2. The first kappa shape index (κ1) is 18.3. The zero-order chi connectivity index (χ0) is 18.9. The van der Waals surface area contributed by atoms with Gasteiger partial charge in [-0.3, -0.25) is 0 Å². The molecule has 1 heterocycles. The molecular weight excluding hydrogens is 369 g/mol. The number of alkyl halides is 3. The molecule has 3 rings (SSSR count). The van der Waals surface area contributed by atoms with E-state index in [1.807, 2.05) is 0 Å². The number of nitrogens with zero attached hydrogens (tertiary/aromatic N) is 1. The fourth-order valence-electron chi connectivity index (χ4n) is 3.34. The van der Waals surface area contributed by atoms with Gasteiger partial charge in [0.25, 0.3) is 0 Å². The molecule has 1 aliphatic heterocycles. The second-order valence-corrected chi connectivity index (χ2v) is 6.35. The van der Waals surface area contributed by atoms with E-state index in [0.29, 0.717) is 28.0 Å². The highest BCUT2D eigenvalue weighted by atomic mass is 35.5. The predicted octanol–water partition coefficient (Wildman–Crippen LogP) is 4.58. The Balaban J connectivity index is 2.33. The number of urea groups is 1. The van der Waals surface area contributed by atoms with Crippen molar-refractivity contribution in [2.75, 3.05) is 11.9 Å². The van der Waals surface area contributed by atoms with Crippen LogP contribution in [0.2, 0.25) is 5.02 Å². The number of benzene rings is 2. The van der Waals surface area contributed by atoms with Gasteiger partial charge in [-0.05, 0) is 23.8 Å². The van der Waals surface area contributed by atoms with Gasteiger partial charge in [0.1, 0.15) is 18.4 Å². The fraction of sp³-hybridized carbons (Fsp3) is 0.222. The summed E-state index contributed by atoms with van der Waals surface area (Å²) in [5.41, 5.74) is -0.549. The highest BCUT2D eigenvalue weighted by Crippen LogP contribution is 2.47. The summed E-state index contributed by atoms with van der Waals surface area (Å²) in [5, 5.41) is 2.74. The minimum absolute atomic E-state index is 0.290. The summed E-state index contributed by atoms with van der Waals surface area (Å²) in [4.78, 5) is 24.7. The van der Waals surface area contributed by atoms with Crippen LogP contribution >= 0.6 is 11.6 Å². The van der Waals surface area contributed by atoms with Crippen LogP contribution in [0, 0.1) is 0 Å². The van der Waals surface area contributed by atoms with Gasteiger partial charge in [0.05, 0.1) is 0 Å². The maximum atomic E-state index is 13.2. The van der Waals surface area contributed by atoms with Crippen molar-refractivity contribution in [3.05, 3.63) is 64.7 Å². The predicted molar refractivity (Wildman–Crippen MR) is 91.1 cm³/mol. The van der Waals surface area contributed by atoms with Gasteiger partial charge < -0.3 is 15.0 Å². The molecule has 2 aromatic rings. The van der Waals surface area contributed by atoms with Gasteiger partial charge in [-0.1, -0.05) is 41.9 Å². The Bertz CT molecular complexity index is 842. The molecule has 1 unspecified atom stereocenters. The zero-order valence-corrected chi connectivity index (χ0v) is 14.1. The summed E-state index contributed by atoms with van der Waals surface area (Å²) in [5.74, 6) is 0. The summed E-state index contributed by atoms with van der Waals surface area (Å²) in [6.45, 7) is -1.51. The molecule has 8 heteroatoms. The molecule has 0 saturated carbocycles. The van der Waals surface area contributed by atoms with Crippen LogP contribution in [0.3, 0.4) is 0 Å². The minimum atomic E-state index is -4.64. The molecular formula is C18H14ClF3N2O2. The number of rotatable bonds is 4. The quantitative estimate of drug-likeness (QED) is 0.787. The molecule has 2 aromatic carbocycles. The second kappa shape index (κ2) is 6.64. The normalized spacial score (nSPS) is 19.7. The Kier molecular flexibility index (Phi) is 4.66. The monoisotopic (exact) mass is 382 g/mol. The van der Waals surface area contributed by atoms with Crippen molar-refractivity contribution in [2.24, 2.45) is 0 Å². The number of nitrogens with one attached hydrogen (secondary N) is 1. The SMILES string of the molecule is O=CCC1(c2ccccc2)c2cc(Cl)ccc2NC(=O)N1CC(F)(F)F. The van der Waals surface area contributed by atoms with Crippen molar-refractivity contribution in [3.8, 4) is 0 Å². The van der Waals surface area contributed by atoms with Crippen LogP contribution in [0.15, 0.2) is 48.5 Å². The molecule has 0 saturated heterocycles. The average Bonchev–Trinajstić information content (AvgIpc) is 2.58. The van der Waals surface area contributed by atoms with E-state index in [1.165, 1.54) is 18.2 Å². The molecule has 26 heavy (non-hydrogen) atoms. The molecule has 0 aromatic heterocycles. The number of halogens is 4. The van der Waals surface area contributed by atoms with Crippen molar-refractivity contribution in [1.82, 2.24) is 4.90 Å². The van der Waals surface area contributed by atoms with Gasteiger partial charge >= 0.3 is 12.2 Å². The maximum Gasteiger partial charge on any atom is 0.406 e. The summed E-state index contributed by atoms with van der Waals surface area (Å²) in [6.07, 6.45) is -4.47. The third kappa shape index (κ3) is 3.14. The van der Waals surface area contributed by atoms with E-state index in [1.54, 1.807) is 30.3 Å². The van der Waals surface area contributed by atoms with Gasteiger partial charge in [-0.25, -0.2) is 4.79 Å². The van der Waals surface area contributed by atoms with E-state index in [2.05, 4.69) is 5.32 Å². The Morgan fingerprint density at radius 2 is 1.85 bits per heavy atom. The van der Waals surface area contributed by atoms with Crippen LogP contribution in [0.5, 0.6) is 0 Å². The molecule has 2 amide bonds. The van der Waals surface area contributed by atoms with Crippen LogP contribution in [-0.2, 0) is 10.3 Å². The lowest BCUT2D eigenvalue weighted by atomic mass is 9.77. The number of carbonyl (C=O) groups excluding carboxylic acids is 2. The van der Waals surface area contributed by atoms with Crippen LogP contribution in [0.1, 0.15) is 17.5 Å². The topological polar surface area (TPSA) is 49.4 Å². The summed E-state index contributed by atoms with van der Waals surface area (Å²) >= 11 is 6.07. The van der Waals surface area contributed by atoms with Crippen molar-refractivity contribution in [2.45, 2.75) is 18.1 Å². The van der Waals surface area contributed by atoms with Gasteiger partial charge in [0, 0.05) is 22.7 Å². The Hall–Kier alpha value is -2.54. The van der Waals surface area contributed by atoms with E-state index >= 15 is 0 Å². The van der Waals surface area contributed by atoms with E-state index in [-0.39, 0.29) is 11.4 Å². The number of fused-ring (bicyclic) bond motifs is 1. The zero-order valence-electron chi connectivity index (χ0n) is 13.4. The largest absolute Gasteiger partial charge is 0.406 e. The first-order valence-electron chi connectivity index (χ1n) is 7.72. The number of carbonyl (C=O) groups is 2. The van der Waals surface area contributed by atoms with Crippen molar-refractivity contribution >= 4 is 29.6 Å². The second-order valence-electron chi connectivity index (χ2n) is 5.92. The molecule has 0 spiro atoms. The average molecular weight is 383 g/mol. The Labute approximate surface area is 152 Å². The standard InChI is InChI=1S/C18H14ClF3N2O2/c19-13-6-7-15-14(10-13)17(8-9-25,12-4-2-1-3-5-12)24(16(26)23-15)11-18(20,21)22/h1-7,9-10H,8,11H2,(H,23,26). The molecule has 0 bridgehead atoms. The highest BCUT2D eigenvalue weighted by molar-refractivity contribution is 6.30. The van der Waals surface area contributed by atoms with Crippen LogP contribution in [0.25, 0.3) is 0 Å². The minimum Gasteiger partial charge on any atom is -0.307 e. The van der Waals surface area contributed by atoms with E-state index < -0.39 is 24.3 Å². The third-order valence-corrected chi connectivity index (χ3v) is 4.58. The highest BCUT2D eigenvalue weighted by Gasteiger charge is 2.51. The van der Waals surface area contributed by atoms with Gasteiger partial charge in [0.2, 0.25) is 0 Å². The number of amides is 2. The van der Waals surface area contributed by atoms with E-state index in [4.69, 9.17) is 11.6 Å². The first-order valence-corrected chi connectivity index (χ1v) is 8.10. The number of anilines is 1. The van der Waals surface area contributed by atoms with Crippen molar-refractivity contribution in [3.63, 3.8) is 0 Å². The van der Waals surface area contributed by atoms with Gasteiger partial charge in [0.15, 0.2) is 0 Å². The Morgan fingerprint density at radius 1 is 1.15 bits per heavy atom. The number of hydrogen-bond donors (Lipinski definition) is 1. The van der Waals surface area contributed by atoms with E-state index in [9.17, 15) is 22.8 Å². The van der Waals surface area contributed by atoms with Crippen molar-refractivity contribution in [1.29, 1.82) is 0 Å². The molecule has 4 nitrogen and oxygen atoms in total. The summed E-state index contributed by atoms with van der Waals surface area (Å²) in [7, 11) is 0. The van der Waals surface area contributed by atoms with Gasteiger partial charge in [-0.15, -0.1) is 0 Å². The van der Waals surface area contributed by atoms with Crippen LogP contribution in [0.4, 0.5) is 23.7 Å². The lowest BCUT2D eigenvalue weighted by molar-refractivity contribution is -0.149. The molecule has 0 aliphatic carbocycles. The molecule has 1 N–H and O–H groups in total. The van der Waals surface area contributed by atoms with Crippen molar-refractivity contribution < 1.29 is 22.8 Å². The fourth-order valence-corrected chi connectivity index (χ4v) is 3.51. The summed E-state index contributed by atoms with van der Waals surface area (Å²) in [6, 6.07) is 11.8. The Morgan fingerprint density at radius 3 is 2.46 bits per heavy atom. The molecule has 0 radical (unpaired) electrons. The lowest BCUT2D eigenvalue weighted by Gasteiger charge is -2.48. The van der Waals surface area contributed by atoms with E-state index in [0.717, 1.165) is 0 Å². The smallest absolute Gasteiger partial charge is 0.307 e. The lowest BCUT2D eigenvalue weighted by Crippen LogP contribution is -2.58. The number of aldehydes is 1. The van der Waals surface area contributed by atoms with Gasteiger partial charge in [-0.2, -0.15) is 13.2 Å². The first-order chi connectivity index (χ1) is 12.3. The molecule has 0 fully saturated rings. The van der Waals surface area contributed by atoms with Crippen LogP contribution < -0.4 is 5.32 Å². The molecule has 1 atom stereocenters. The molecule has 136 valence electrons. The number of hydrogen-bond acceptors (Lipinski definition) is 2.